The van der Waals surface area contributed by atoms with Gasteiger partial charge in [0.2, 0.25) is 0 Å². The Hall–Kier alpha value is -2.24. The Kier molecular flexibility index (Phi) is 6.67. The van der Waals surface area contributed by atoms with Crippen molar-refractivity contribution in [1.29, 1.82) is 0 Å². The van der Waals surface area contributed by atoms with E-state index in [1.54, 1.807) is 42.5 Å². The maximum absolute atomic E-state index is 12.2. The molecule has 1 amide bonds. The molecule has 0 aliphatic carbocycles. The summed E-state index contributed by atoms with van der Waals surface area (Å²) >= 11 is 11.8. The highest BCUT2D eigenvalue weighted by Gasteiger charge is 2.20. The van der Waals surface area contributed by atoms with Gasteiger partial charge in [0.05, 0.1) is 19.2 Å². The molecule has 0 aliphatic heterocycles. The van der Waals surface area contributed by atoms with Crippen LogP contribution in [0.1, 0.15) is 12.5 Å². The van der Waals surface area contributed by atoms with Crippen molar-refractivity contribution in [2.24, 2.45) is 0 Å². The molecule has 0 heterocycles. The van der Waals surface area contributed by atoms with Gasteiger partial charge in [-0.05, 0) is 36.8 Å². The molecular formula is C18H17Cl2NO4. The van der Waals surface area contributed by atoms with E-state index in [1.807, 2.05) is 0 Å². The summed E-state index contributed by atoms with van der Waals surface area (Å²) in [7, 11) is 1.50. The zero-order valence-corrected chi connectivity index (χ0v) is 15.2. The van der Waals surface area contributed by atoms with Crippen LogP contribution >= 0.6 is 23.2 Å². The van der Waals surface area contributed by atoms with Crippen LogP contribution in [-0.4, -0.2) is 25.1 Å². The number of carbonyl (C=O) groups is 2. The summed E-state index contributed by atoms with van der Waals surface area (Å²) < 4.78 is 10.3. The maximum Gasteiger partial charge on any atom is 0.311 e. The summed E-state index contributed by atoms with van der Waals surface area (Å²) in [5.74, 6) is -0.505. The lowest BCUT2D eigenvalue weighted by atomic mass is 10.1. The predicted octanol–water partition coefficient (Wildman–Crippen LogP) is 4.11. The molecule has 25 heavy (non-hydrogen) atoms. The van der Waals surface area contributed by atoms with Crippen LogP contribution in [0.2, 0.25) is 10.0 Å². The number of amides is 1. The third-order valence-corrected chi connectivity index (χ3v) is 3.98. The molecule has 0 fully saturated rings. The molecule has 0 spiro atoms. The first kappa shape index (κ1) is 19.1. The Bertz CT molecular complexity index is 779. The lowest BCUT2D eigenvalue weighted by molar-refractivity contribution is -0.152. The van der Waals surface area contributed by atoms with Gasteiger partial charge in [0.25, 0.3) is 5.91 Å². The normalized spacial score (nSPS) is 11.5. The molecule has 1 atom stereocenters. The summed E-state index contributed by atoms with van der Waals surface area (Å²) in [5, 5.41) is 3.51. The van der Waals surface area contributed by atoms with Gasteiger partial charge < -0.3 is 14.8 Å². The van der Waals surface area contributed by atoms with E-state index in [4.69, 9.17) is 32.7 Å². The van der Waals surface area contributed by atoms with E-state index in [0.717, 1.165) is 0 Å². The van der Waals surface area contributed by atoms with Crippen molar-refractivity contribution in [3.8, 4) is 5.75 Å². The number of esters is 1. The Morgan fingerprint density at radius 2 is 1.88 bits per heavy atom. The highest BCUT2D eigenvalue weighted by atomic mass is 35.5. The van der Waals surface area contributed by atoms with Crippen molar-refractivity contribution in [2.75, 3.05) is 12.4 Å². The number of para-hydroxylation sites is 2. The second-order valence-electron chi connectivity index (χ2n) is 5.23. The molecule has 0 bridgehead atoms. The molecular weight excluding hydrogens is 365 g/mol. The fourth-order valence-electron chi connectivity index (χ4n) is 2.10. The minimum atomic E-state index is -0.969. The Morgan fingerprint density at radius 3 is 2.56 bits per heavy atom. The molecule has 0 radical (unpaired) electrons. The van der Waals surface area contributed by atoms with Gasteiger partial charge in [-0.25, -0.2) is 0 Å². The van der Waals surface area contributed by atoms with Crippen LogP contribution in [0.5, 0.6) is 5.75 Å². The smallest absolute Gasteiger partial charge is 0.311 e. The first-order valence-electron chi connectivity index (χ1n) is 7.48. The van der Waals surface area contributed by atoms with E-state index in [9.17, 15) is 9.59 Å². The highest BCUT2D eigenvalue weighted by molar-refractivity contribution is 6.35. The van der Waals surface area contributed by atoms with Crippen molar-refractivity contribution < 1.29 is 19.1 Å². The number of hydrogen-bond donors (Lipinski definition) is 1. The van der Waals surface area contributed by atoms with Gasteiger partial charge in [0, 0.05) is 10.0 Å². The number of methoxy groups -OCH3 is 1. The molecule has 7 heteroatoms. The number of rotatable bonds is 6. The quantitative estimate of drug-likeness (QED) is 0.764. The maximum atomic E-state index is 12.2. The van der Waals surface area contributed by atoms with Crippen LogP contribution < -0.4 is 10.1 Å². The average Bonchev–Trinajstić information content (AvgIpc) is 2.57. The second-order valence-corrected chi connectivity index (χ2v) is 6.08. The molecule has 5 nitrogen and oxygen atoms in total. The highest BCUT2D eigenvalue weighted by Crippen LogP contribution is 2.24. The monoisotopic (exact) mass is 381 g/mol. The summed E-state index contributed by atoms with van der Waals surface area (Å²) in [6.07, 6.45) is -1.02. The molecule has 2 rings (SSSR count). The van der Waals surface area contributed by atoms with Gasteiger partial charge in [0.1, 0.15) is 5.75 Å². The fraction of sp³-hybridized carbons (Fsp3) is 0.222. The van der Waals surface area contributed by atoms with Crippen molar-refractivity contribution in [3.05, 3.63) is 58.1 Å². The largest absolute Gasteiger partial charge is 0.495 e. The van der Waals surface area contributed by atoms with Gasteiger partial charge >= 0.3 is 5.97 Å². The lowest BCUT2D eigenvalue weighted by Crippen LogP contribution is -2.30. The molecule has 2 aromatic carbocycles. The predicted molar refractivity (Wildman–Crippen MR) is 97.3 cm³/mol. The van der Waals surface area contributed by atoms with Crippen molar-refractivity contribution >= 4 is 40.8 Å². The van der Waals surface area contributed by atoms with E-state index < -0.39 is 18.0 Å². The number of anilines is 1. The molecule has 132 valence electrons. The number of benzene rings is 2. The molecule has 0 saturated heterocycles. The topological polar surface area (TPSA) is 64.6 Å². The van der Waals surface area contributed by atoms with Gasteiger partial charge in [-0.3, -0.25) is 9.59 Å². The third-order valence-electron chi connectivity index (χ3n) is 3.39. The number of hydrogen-bond acceptors (Lipinski definition) is 4. The Morgan fingerprint density at radius 1 is 1.16 bits per heavy atom. The van der Waals surface area contributed by atoms with Crippen LogP contribution in [0.25, 0.3) is 0 Å². The van der Waals surface area contributed by atoms with E-state index in [0.29, 0.717) is 27.0 Å². The van der Waals surface area contributed by atoms with Gasteiger partial charge in [-0.15, -0.1) is 0 Å². The van der Waals surface area contributed by atoms with E-state index in [-0.39, 0.29) is 6.42 Å². The molecule has 2 aromatic rings. The SMILES string of the molecule is COc1ccccc1NC(=O)[C@H](C)OC(=O)Cc1ccc(Cl)cc1Cl. The number of nitrogens with one attached hydrogen (secondary N) is 1. The van der Waals surface area contributed by atoms with Gasteiger partial charge in [-0.2, -0.15) is 0 Å². The number of carbonyl (C=O) groups excluding carboxylic acids is 2. The summed E-state index contributed by atoms with van der Waals surface area (Å²) in [6, 6.07) is 11.8. The van der Waals surface area contributed by atoms with Crippen molar-refractivity contribution in [3.63, 3.8) is 0 Å². The zero-order chi connectivity index (χ0) is 18.4. The lowest BCUT2D eigenvalue weighted by Gasteiger charge is -2.15. The molecule has 0 aliphatic rings. The third kappa shape index (κ3) is 5.37. The summed E-state index contributed by atoms with van der Waals surface area (Å²) in [5.41, 5.74) is 1.08. The first-order valence-corrected chi connectivity index (χ1v) is 8.23. The number of halogens is 2. The standard InChI is InChI=1S/C18H17Cl2NO4/c1-11(18(23)21-15-5-3-4-6-16(15)24-2)25-17(22)9-12-7-8-13(19)10-14(12)20/h3-8,10-11H,9H2,1-2H3,(H,21,23)/t11-/m0/s1. The van der Waals surface area contributed by atoms with E-state index in [1.165, 1.54) is 14.0 Å². The minimum Gasteiger partial charge on any atom is -0.495 e. The Labute approximate surface area is 155 Å². The first-order chi connectivity index (χ1) is 11.9. The summed E-state index contributed by atoms with van der Waals surface area (Å²) in [6.45, 7) is 1.49. The van der Waals surface area contributed by atoms with Crippen LogP contribution in [0.4, 0.5) is 5.69 Å². The molecule has 1 N–H and O–H groups in total. The van der Waals surface area contributed by atoms with Crippen LogP contribution in [0, 0.1) is 0 Å². The minimum absolute atomic E-state index is 0.0533. The van der Waals surface area contributed by atoms with Crippen LogP contribution in [-0.2, 0) is 20.7 Å². The molecule has 0 saturated carbocycles. The fourth-order valence-corrected chi connectivity index (χ4v) is 2.57. The average molecular weight is 382 g/mol. The zero-order valence-electron chi connectivity index (χ0n) is 13.7. The second kappa shape index (κ2) is 8.74. The summed E-state index contributed by atoms with van der Waals surface area (Å²) in [4.78, 5) is 24.2. The van der Waals surface area contributed by atoms with Crippen molar-refractivity contribution in [2.45, 2.75) is 19.4 Å². The van der Waals surface area contributed by atoms with Crippen molar-refractivity contribution in [1.82, 2.24) is 0 Å². The molecule has 0 aromatic heterocycles. The van der Waals surface area contributed by atoms with Gasteiger partial charge in [-0.1, -0.05) is 41.4 Å². The van der Waals surface area contributed by atoms with E-state index in [2.05, 4.69) is 5.32 Å². The van der Waals surface area contributed by atoms with Crippen LogP contribution in [0.15, 0.2) is 42.5 Å². The number of ether oxygens (including phenoxy) is 2. The Balaban J connectivity index is 1.95. The molecule has 0 unspecified atom stereocenters. The van der Waals surface area contributed by atoms with Gasteiger partial charge in [0.15, 0.2) is 6.10 Å². The van der Waals surface area contributed by atoms with E-state index >= 15 is 0 Å². The van der Waals surface area contributed by atoms with Crippen LogP contribution in [0.3, 0.4) is 0 Å².